The quantitative estimate of drug-likeness (QED) is 0.850. The first-order valence-corrected chi connectivity index (χ1v) is 6.59. The number of esters is 1. The molecule has 1 heterocycles. The van der Waals surface area contributed by atoms with Crippen LogP contribution in [-0.4, -0.2) is 33.5 Å². The van der Waals surface area contributed by atoms with Crippen LogP contribution >= 0.6 is 11.6 Å². The van der Waals surface area contributed by atoms with E-state index in [1.54, 1.807) is 31.2 Å². The molecule has 2 rings (SSSR count). The van der Waals surface area contributed by atoms with Crippen LogP contribution in [-0.2, 0) is 16.1 Å². The maximum Gasteiger partial charge on any atom is 0.329 e. The summed E-state index contributed by atoms with van der Waals surface area (Å²) >= 11 is 5.93. The molecule has 21 heavy (non-hydrogen) atoms. The standard InChI is InChI=1S/C13H13ClN4O3/c1-2-21-12(19)8-18-15-7-11(17-18)16-13(20)9-5-3-4-6-10(9)14/h3-7H,2,8H2,1H3,(H,16,17,20). The van der Waals surface area contributed by atoms with Crippen LogP contribution in [0, 0.1) is 0 Å². The number of halogens is 1. The number of benzene rings is 1. The van der Waals surface area contributed by atoms with Crippen molar-refractivity contribution < 1.29 is 14.3 Å². The minimum absolute atomic E-state index is 0.115. The highest BCUT2D eigenvalue weighted by Gasteiger charge is 2.12. The van der Waals surface area contributed by atoms with Crippen LogP contribution in [0.4, 0.5) is 5.82 Å². The molecule has 0 aliphatic heterocycles. The lowest BCUT2D eigenvalue weighted by Gasteiger charge is -2.03. The lowest BCUT2D eigenvalue weighted by Crippen LogP contribution is -2.16. The molecule has 0 radical (unpaired) electrons. The number of anilines is 1. The number of aromatic nitrogens is 3. The summed E-state index contributed by atoms with van der Waals surface area (Å²) in [5, 5.41) is 10.7. The molecule has 0 spiro atoms. The first kappa shape index (κ1) is 15.0. The number of nitrogens with one attached hydrogen (secondary N) is 1. The van der Waals surface area contributed by atoms with Crippen LogP contribution in [0.25, 0.3) is 0 Å². The predicted molar refractivity (Wildman–Crippen MR) is 76.1 cm³/mol. The number of carbonyl (C=O) groups excluding carboxylic acids is 2. The monoisotopic (exact) mass is 308 g/mol. The average Bonchev–Trinajstić information content (AvgIpc) is 2.86. The van der Waals surface area contributed by atoms with Gasteiger partial charge in [-0.25, -0.2) is 4.79 Å². The second-order valence-electron chi connectivity index (χ2n) is 4.00. The van der Waals surface area contributed by atoms with E-state index in [-0.39, 0.29) is 19.0 Å². The van der Waals surface area contributed by atoms with E-state index >= 15 is 0 Å². The van der Waals surface area contributed by atoms with E-state index in [1.165, 1.54) is 6.20 Å². The Bertz CT molecular complexity index is 656. The molecule has 0 bridgehead atoms. The minimum atomic E-state index is -0.447. The van der Waals surface area contributed by atoms with Gasteiger partial charge in [0.15, 0.2) is 12.4 Å². The van der Waals surface area contributed by atoms with Gasteiger partial charge in [0.05, 0.1) is 23.4 Å². The predicted octanol–water partition coefficient (Wildman–Crippen LogP) is 1.75. The van der Waals surface area contributed by atoms with Crippen molar-refractivity contribution in [3.8, 4) is 0 Å². The molecular formula is C13H13ClN4O3. The Balaban J connectivity index is 2.01. The van der Waals surface area contributed by atoms with Gasteiger partial charge in [0.1, 0.15) is 0 Å². The van der Waals surface area contributed by atoms with Crippen molar-refractivity contribution in [1.82, 2.24) is 15.0 Å². The van der Waals surface area contributed by atoms with Gasteiger partial charge in [-0.1, -0.05) is 23.7 Å². The van der Waals surface area contributed by atoms with Crippen LogP contribution in [0.2, 0.25) is 5.02 Å². The number of amides is 1. The molecule has 7 nitrogen and oxygen atoms in total. The zero-order chi connectivity index (χ0) is 15.2. The van der Waals surface area contributed by atoms with Crippen molar-refractivity contribution in [2.24, 2.45) is 0 Å². The van der Waals surface area contributed by atoms with E-state index in [4.69, 9.17) is 16.3 Å². The third-order valence-electron chi connectivity index (χ3n) is 2.47. The van der Waals surface area contributed by atoms with Crippen molar-refractivity contribution in [2.45, 2.75) is 13.5 Å². The molecule has 0 aliphatic carbocycles. The molecular weight excluding hydrogens is 296 g/mol. The highest BCUT2D eigenvalue weighted by atomic mass is 35.5. The fourth-order valence-electron chi connectivity index (χ4n) is 1.58. The van der Waals surface area contributed by atoms with E-state index in [9.17, 15) is 9.59 Å². The van der Waals surface area contributed by atoms with Gasteiger partial charge in [0, 0.05) is 0 Å². The minimum Gasteiger partial charge on any atom is -0.465 e. The second-order valence-corrected chi connectivity index (χ2v) is 4.41. The molecule has 0 saturated carbocycles. The van der Waals surface area contributed by atoms with Crippen molar-refractivity contribution in [3.05, 3.63) is 41.0 Å². The summed E-state index contributed by atoms with van der Waals surface area (Å²) in [5.74, 6) is -0.620. The van der Waals surface area contributed by atoms with Crippen LogP contribution in [0.3, 0.4) is 0 Å². The summed E-state index contributed by atoms with van der Waals surface area (Å²) in [6.07, 6.45) is 1.34. The number of hydrogen-bond donors (Lipinski definition) is 1. The van der Waals surface area contributed by atoms with Crippen LogP contribution in [0.5, 0.6) is 0 Å². The summed E-state index contributed by atoms with van der Waals surface area (Å²) < 4.78 is 4.78. The number of hydrogen-bond acceptors (Lipinski definition) is 5. The SMILES string of the molecule is CCOC(=O)Cn1ncc(NC(=O)c2ccccc2Cl)n1. The molecule has 1 aromatic carbocycles. The zero-order valence-corrected chi connectivity index (χ0v) is 12.0. The Hall–Kier alpha value is -2.41. The van der Waals surface area contributed by atoms with Crippen molar-refractivity contribution in [1.29, 1.82) is 0 Å². The van der Waals surface area contributed by atoms with E-state index in [2.05, 4.69) is 15.5 Å². The van der Waals surface area contributed by atoms with Crippen molar-refractivity contribution >= 4 is 29.3 Å². The van der Waals surface area contributed by atoms with Gasteiger partial charge < -0.3 is 10.1 Å². The molecule has 1 N–H and O–H groups in total. The van der Waals surface area contributed by atoms with Crippen molar-refractivity contribution in [3.63, 3.8) is 0 Å². The zero-order valence-electron chi connectivity index (χ0n) is 11.2. The summed E-state index contributed by atoms with van der Waals surface area (Å²) in [6, 6.07) is 6.65. The van der Waals surface area contributed by atoms with Crippen LogP contribution in [0.1, 0.15) is 17.3 Å². The highest BCUT2D eigenvalue weighted by Crippen LogP contribution is 2.16. The van der Waals surface area contributed by atoms with Crippen LogP contribution in [0.15, 0.2) is 30.5 Å². The van der Waals surface area contributed by atoms with Gasteiger partial charge in [0.2, 0.25) is 0 Å². The fraction of sp³-hybridized carbons (Fsp3) is 0.231. The molecule has 1 amide bonds. The maximum atomic E-state index is 12.0. The molecule has 0 atom stereocenters. The molecule has 8 heteroatoms. The largest absolute Gasteiger partial charge is 0.465 e. The number of nitrogens with zero attached hydrogens (tertiary/aromatic N) is 3. The van der Waals surface area contributed by atoms with Gasteiger partial charge in [-0.05, 0) is 19.1 Å². The van der Waals surface area contributed by atoms with E-state index < -0.39 is 11.9 Å². The molecule has 1 aromatic heterocycles. The third-order valence-corrected chi connectivity index (χ3v) is 2.80. The van der Waals surface area contributed by atoms with Gasteiger partial charge in [-0.15, -0.1) is 5.10 Å². The number of rotatable bonds is 5. The molecule has 0 saturated heterocycles. The van der Waals surface area contributed by atoms with E-state index in [0.29, 0.717) is 10.6 Å². The summed E-state index contributed by atoms with van der Waals surface area (Å²) in [6.45, 7) is 1.88. The molecule has 0 unspecified atom stereocenters. The first-order chi connectivity index (χ1) is 10.1. The summed E-state index contributed by atoms with van der Waals surface area (Å²) in [4.78, 5) is 24.4. The number of carbonyl (C=O) groups is 2. The molecule has 2 aromatic rings. The summed E-state index contributed by atoms with van der Waals surface area (Å²) in [5.41, 5.74) is 0.333. The Kier molecular flexibility index (Phi) is 4.89. The Morgan fingerprint density at radius 1 is 1.38 bits per heavy atom. The van der Waals surface area contributed by atoms with E-state index in [0.717, 1.165) is 4.80 Å². The lowest BCUT2D eigenvalue weighted by atomic mass is 10.2. The van der Waals surface area contributed by atoms with Gasteiger partial charge >= 0.3 is 5.97 Å². The second kappa shape index (κ2) is 6.85. The van der Waals surface area contributed by atoms with Gasteiger partial charge in [-0.3, -0.25) is 4.79 Å². The van der Waals surface area contributed by atoms with Crippen LogP contribution < -0.4 is 5.32 Å². The topological polar surface area (TPSA) is 86.1 Å². The maximum absolute atomic E-state index is 12.0. The van der Waals surface area contributed by atoms with E-state index in [1.807, 2.05) is 0 Å². The lowest BCUT2D eigenvalue weighted by molar-refractivity contribution is -0.144. The molecule has 0 aliphatic rings. The first-order valence-electron chi connectivity index (χ1n) is 6.21. The average molecular weight is 309 g/mol. The normalized spacial score (nSPS) is 10.2. The smallest absolute Gasteiger partial charge is 0.329 e. The fourth-order valence-corrected chi connectivity index (χ4v) is 1.80. The Morgan fingerprint density at radius 3 is 2.86 bits per heavy atom. The van der Waals surface area contributed by atoms with Gasteiger partial charge in [0.25, 0.3) is 5.91 Å². The Labute approximate surface area is 125 Å². The molecule has 0 fully saturated rings. The number of ether oxygens (including phenoxy) is 1. The molecule has 110 valence electrons. The third kappa shape index (κ3) is 4.03. The Morgan fingerprint density at radius 2 is 2.14 bits per heavy atom. The summed E-state index contributed by atoms with van der Waals surface area (Å²) in [7, 11) is 0. The van der Waals surface area contributed by atoms with Crippen molar-refractivity contribution in [2.75, 3.05) is 11.9 Å². The van der Waals surface area contributed by atoms with Gasteiger partial charge in [-0.2, -0.15) is 9.90 Å². The highest BCUT2D eigenvalue weighted by molar-refractivity contribution is 6.34.